The molecule has 112 valence electrons. The Kier molecular flexibility index (Phi) is 3.96. The van der Waals surface area contributed by atoms with Crippen molar-refractivity contribution in [1.82, 2.24) is 0 Å². The summed E-state index contributed by atoms with van der Waals surface area (Å²) in [7, 11) is 1.65. The molecule has 2 aromatic rings. The summed E-state index contributed by atoms with van der Waals surface area (Å²) in [6.07, 6.45) is 1.70. The Bertz CT molecular complexity index is 729. The Morgan fingerprint density at radius 3 is 2.50 bits per heavy atom. The van der Waals surface area contributed by atoms with Crippen LogP contribution >= 0.6 is 0 Å². The van der Waals surface area contributed by atoms with E-state index in [0.717, 1.165) is 46.7 Å². The molecule has 0 aromatic heterocycles. The van der Waals surface area contributed by atoms with Crippen molar-refractivity contribution >= 4 is 11.5 Å². The lowest BCUT2D eigenvalue weighted by atomic mass is 9.86. The van der Waals surface area contributed by atoms with E-state index in [0.29, 0.717) is 0 Å². The second kappa shape index (κ2) is 6.06. The maximum atomic E-state index is 12.6. The zero-order valence-corrected chi connectivity index (χ0v) is 12.8. The Morgan fingerprint density at radius 1 is 1.05 bits per heavy atom. The molecule has 0 radical (unpaired) electrons. The van der Waals surface area contributed by atoms with Crippen LogP contribution in [0.25, 0.3) is 0 Å². The summed E-state index contributed by atoms with van der Waals surface area (Å²) in [4.78, 5) is 12.6. The van der Waals surface area contributed by atoms with Crippen LogP contribution in [0.15, 0.2) is 59.8 Å². The molecule has 0 unspecified atom stereocenters. The van der Waals surface area contributed by atoms with Gasteiger partial charge in [-0.3, -0.25) is 4.79 Å². The minimum absolute atomic E-state index is 0.139. The van der Waals surface area contributed by atoms with Crippen LogP contribution in [0.3, 0.4) is 0 Å². The molecule has 0 saturated heterocycles. The van der Waals surface area contributed by atoms with E-state index in [4.69, 9.17) is 4.74 Å². The summed E-state index contributed by atoms with van der Waals surface area (Å²) in [6.45, 7) is 1.96. The van der Waals surface area contributed by atoms with Crippen molar-refractivity contribution in [1.29, 1.82) is 0 Å². The third kappa shape index (κ3) is 2.75. The number of carbonyl (C=O) groups is 1. The Hall–Kier alpha value is -2.55. The van der Waals surface area contributed by atoms with E-state index in [1.54, 1.807) is 7.11 Å². The van der Waals surface area contributed by atoms with Gasteiger partial charge in [-0.05, 0) is 49.6 Å². The summed E-state index contributed by atoms with van der Waals surface area (Å²) in [6, 6.07) is 15.6. The molecule has 0 spiro atoms. The van der Waals surface area contributed by atoms with Gasteiger partial charge in [0.25, 0.3) is 0 Å². The van der Waals surface area contributed by atoms with Gasteiger partial charge in [-0.2, -0.15) is 0 Å². The number of ether oxygens (including phenoxy) is 1. The number of benzene rings is 2. The van der Waals surface area contributed by atoms with Gasteiger partial charge in [-0.15, -0.1) is 0 Å². The van der Waals surface area contributed by atoms with Crippen molar-refractivity contribution in [2.24, 2.45) is 0 Å². The van der Waals surface area contributed by atoms with Crippen LogP contribution in [0, 0.1) is 0 Å². The van der Waals surface area contributed by atoms with Crippen molar-refractivity contribution in [2.45, 2.75) is 19.8 Å². The van der Waals surface area contributed by atoms with Gasteiger partial charge in [-0.25, -0.2) is 0 Å². The molecule has 0 heterocycles. The summed E-state index contributed by atoms with van der Waals surface area (Å²) in [5.41, 5.74) is 4.73. The maximum Gasteiger partial charge on any atom is 0.191 e. The number of anilines is 1. The molecule has 1 aliphatic carbocycles. The molecule has 3 heteroatoms. The van der Waals surface area contributed by atoms with Crippen molar-refractivity contribution in [2.75, 3.05) is 12.4 Å². The van der Waals surface area contributed by atoms with Gasteiger partial charge in [0.1, 0.15) is 5.75 Å². The van der Waals surface area contributed by atoms with E-state index in [2.05, 4.69) is 5.32 Å². The second-order valence-electron chi connectivity index (χ2n) is 5.44. The number of Topliss-reactive ketones (excluding diaryl/α,β-unsaturated/α-hetero) is 1. The number of fused-ring (bicyclic) bond motifs is 1. The van der Waals surface area contributed by atoms with Crippen LogP contribution in [0.5, 0.6) is 5.75 Å². The van der Waals surface area contributed by atoms with Crippen molar-refractivity contribution in [3.8, 4) is 5.75 Å². The predicted molar refractivity (Wildman–Crippen MR) is 88.4 cm³/mol. The highest BCUT2D eigenvalue weighted by Gasteiger charge is 2.23. The van der Waals surface area contributed by atoms with E-state index in [1.807, 2.05) is 55.5 Å². The molecule has 0 saturated carbocycles. The van der Waals surface area contributed by atoms with Gasteiger partial charge >= 0.3 is 0 Å². The van der Waals surface area contributed by atoms with E-state index in [-0.39, 0.29) is 5.78 Å². The van der Waals surface area contributed by atoms with E-state index >= 15 is 0 Å². The first-order valence-electron chi connectivity index (χ1n) is 7.42. The van der Waals surface area contributed by atoms with Crippen molar-refractivity contribution in [3.05, 3.63) is 70.9 Å². The van der Waals surface area contributed by atoms with Gasteiger partial charge in [-0.1, -0.05) is 24.3 Å². The van der Waals surface area contributed by atoms with Crippen molar-refractivity contribution < 1.29 is 9.53 Å². The number of hydrogen-bond donors (Lipinski definition) is 1. The standard InChI is InChI=1S/C19H19NO2/c1-13(20-15-8-10-16(22-2)11-9-15)17-12-7-14-5-3-4-6-18(14)19(17)21/h3-6,8-11,20H,7,12H2,1-2H3. The first kappa shape index (κ1) is 14.4. The van der Waals surface area contributed by atoms with Gasteiger partial charge in [0.05, 0.1) is 7.11 Å². The SMILES string of the molecule is COc1ccc(NC(C)=C2CCc3ccccc3C2=O)cc1. The predicted octanol–water partition coefficient (Wildman–Crippen LogP) is 4.21. The second-order valence-corrected chi connectivity index (χ2v) is 5.44. The molecule has 3 nitrogen and oxygen atoms in total. The topological polar surface area (TPSA) is 38.3 Å². The quantitative estimate of drug-likeness (QED) is 0.861. The molecule has 0 fully saturated rings. The van der Waals surface area contributed by atoms with Crippen LogP contribution in [0.4, 0.5) is 5.69 Å². The molecule has 3 rings (SSSR count). The first-order valence-corrected chi connectivity index (χ1v) is 7.42. The number of nitrogens with one attached hydrogen (secondary N) is 1. The fraction of sp³-hybridized carbons (Fsp3) is 0.211. The maximum absolute atomic E-state index is 12.6. The normalized spacial score (nSPS) is 16.0. The van der Waals surface area contributed by atoms with Crippen LogP contribution < -0.4 is 10.1 Å². The lowest BCUT2D eigenvalue weighted by Gasteiger charge is -2.20. The van der Waals surface area contributed by atoms with Crippen LogP contribution in [-0.4, -0.2) is 12.9 Å². The third-order valence-electron chi connectivity index (χ3n) is 4.05. The monoisotopic (exact) mass is 293 g/mol. The summed E-state index contributed by atoms with van der Waals surface area (Å²) in [5.74, 6) is 0.957. The largest absolute Gasteiger partial charge is 0.497 e. The molecule has 0 bridgehead atoms. The Balaban J connectivity index is 1.85. The number of carbonyl (C=O) groups excluding carboxylic acids is 1. The minimum atomic E-state index is 0.139. The molecule has 22 heavy (non-hydrogen) atoms. The highest BCUT2D eigenvalue weighted by Crippen LogP contribution is 2.27. The van der Waals surface area contributed by atoms with Gasteiger partial charge in [0.15, 0.2) is 5.78 Å². The zero-order chi connectivity index (χ0) is 15.5. The molecular weight excluding hydrogens is 274 g/mol. The third-order valence-corrected chi connectivity index (χ3v) is 4.05. The Labute approximate surface area is 130 Å². The minimum Gasteiger partial charge on any atom is -0.497 e. The van der Waals surface area contributed by atoms with Crippen LogP contribution in [0.1, 0.15) is 29.3 Å². The number of aryl methyl sites for hydroxylation is 1. The lowest BCUT2D eigenvalue weighted by molar-refractivity contribution is 0.102. The molecule has 0 amide bonds. The van der Waals surface area contributed by atoms with Gasteiger partial charge < -0.3 is 10.1 Å². The molecule has 0 aliphatic heterocycles. The number of ketones is 1. The van der Waals surface area contributed by atoms with E-state index in [9.17, 15) is 4.79 Å². The number of methoxy groups -OCH3 is 1. The zero-order valence-electron chi connectivity index (χ0n) is 12.8. The fourth-order valence-corrected chi connectivity index (χ4v) is 2.82. The number of hydrogen-bond acceptors (Lipinski definition) is 3. The highest BCUT2D eigenvalue weighted by atomic mass is 16.5. The van der Waals surface area contributed by atoms with Crippen LogP contribution in [0.2, 0.25) is 0 Å². The number of rotatable bonds is 3. The number of allylic oxidation sites excluding steroid dienone is 2. The smallest absolute Gasteiger partial charge is 0.191 e. The molecule has 2 aromatic carbocycles. The summed E-state index contributed by atoms with van der Waals surface area (Å²) >= 11 is 0. The molecular formula is C19H19NO2. The molecule has 0 atom stereocenters. The fourth-order valence-electron chi connectivity index (χ4n) is 2.82. The summed E-state index contributed by atoms with van der Waals surface area (Å²) < 4.78 is 5.15. The summed E-state index contributed by atoms with van der Waals surface area (Å²) in [5, 5.41) is 3.33. The molecule has 1 aliphatic rings. The van der Waals surface area contributed by atoms with E-state index < -0.39 is 0 Å². The highest BCUT2D eigenvalue weighted by molar-refractivity contribution is 6.11. The molecule has 1 N–H and O–H groups in total. The van der Waals surface area contributed by atoms with Gasteiger partial charge in [0.2, 0.25) is 0 Å². The first-order chi connectivity index (χ1) is 10.7. The van der Waals surface area contributed by atoms with Gasteiger partial charge in [0, 0.05) is 22.5 Å². The average molecular weight is 293 g/mol. The van der Waals surface area contributed by atoms with E-state index in [1.165, 1.54) is 0 Å². The average Bonchev–Trinajstić information content (AvgIpc) is 2.56. The van der Waals surface area contributed by atoms with Crippen LogP contribution in [-0.2, 0) is 6.42 Å². The van der Waals surface area contributed by atoms with Crippen molar-refractivity contribution in [3.63, 3.8) is 0 Å². The lowest BCUT2D eigenvalue weighted by Crippen LogP contribution is -2.17. The Morgan fingerprint density at radius 2 is 1.77 bits per heavy atom.